The van der Waals surface area contributed by atoms with Crippen molar-refractivity contribution in [3.8, 4) is 17.2 Å². The molecule has 0 heterocycles. The van der Waals surface area contributed by atoms with Crippen LogP contribution in [0.3, 0.4) is 0 Å². The van der Waals surface area contributed by atoms with E-state index in [1.807, 2.05) is 24.3 Å². The van der Waals surface area contributed by atoms with Gasteiger partial charge in [-0.25, -0.2) is 4.99 Å². The lowest BCUT2D eigenvalue weighted by Crippen LogP contribution is -2.22. The van der Waals surface area contributed by atoms with E-state index < -0.39 is 0 Å². The Morgan fingerprint density at radius 3 is 2.48 bits per heavy atom. The van der Waals surface area contributed by atoms with Gasteiger partial charge in [-0.1, -0.05) is 17.7 Å². The summed E-state index contributed by atoms with van der Waals surface area (Å²) < 4.78 is 16.0. The first-order chi connectivity index (χ1) is 13.0. The fourth-order valence-corrected chi connectivity index (χ4v) is 2.87. The number of aliphatic imine (C=N–C) groups is 1. The molecule has 6 nitrogen and oxygen atoms in total. The zero-order valence-corrected chi connectivity index (χ0v) is 16.5. The van der Waals surface area contributed by atoms with Gasteiger partial charge in [-0.2, -0.15) is 0 Å². The highest BCUT2D eigenvalue weighted by Gasteiger charge is 2.11. The molecular weight excluding hydrogens is 366 g/mol. The van der Waals surface area contributed by atoms with Crippen LogP contribution in [0.25, 0.3) is 0 Å². The Labute approximate surface area is 164 Å². The van der Waals surface area contributed by atoms with Crippen molar-refractivity contribution in [2.45, 2.75) is 13.0 Å². The smallest absolute Gasteiger partial charge is 0.193 e. The minimum Gasteiger partial charge on any atom is -0.495 e. The molecule has 0 aliphatic rings. The lowest BCUT2D eigenvalue weighted by atomic mass is 10.1. The number of benzene rings is 2. The zero-order valence-electron chi connectivity index (χ0n) is 15.7. The molecule has 0 saturated carbocycles. The van der Waals surface area contributed by atoms with E-state index >= 15 is 0 Å². The molecule has 0 radical (unpaired) electrons. The topological polar surface area (TPSA) is 78.1 Å². The van der Waals surface area contributed by atoms with Crippen LogP contribution in [0.4, 0.5) is 5.69 Å². The summed E-state index contributed by atoms with van der Waals surface area (Å²) in [5, 5.41) is 3.50. The third kappa shape index (κ3) is 5.31. The van der Waals surface area contributed by atoms with Gasteiger partial charge in [0.2, 0.25) is 0 Å². The largest absolute Gasteiger partial charge is 0.495 e. The van der Waals surface area contributed by atoms with Gasteiger partial charge in [-0.3, -0.25) is 0 Å². The molecule has 0 spiro atoms. The van der Waals surface area contributed by atoms with Crippen LogP contribution in [-0.4, -0.2) is 27.3 Å². The summed E-state index contributed by atoms with van der Waals surface area (Å²) in [7, 11) is 4.78. The van der Waals surface area contributed by atoms with Crippen LogP contribution in [0.15, 0.2) is 48.0 Å². The third-order valence-corrected chi connectivity index (χ3v) is 4.13. The SMILES string of the molecule is C=CCc1cc(CN=C(N)Nc2ccc(OC)c(Cl)c2)cc(OC)c1OC. The number of anilines is 1. The highest BCUT2D eigenvalue weighted by molar-refractivity contribution is 6.32. The van der Waals surface area contributed by atoms with Gasteiger partial charge in [-0.15, -0.1) is 6.58 Å². The van der Waals surface area contributed by atoms with Crippen molar-refractivity contribution < 1.29 is 14.2 Å². The van der Waals surface area contributed by atoms with Gasteiger partial charge in [-0.05, 0) is 42.3 Å². The molecule has 27 heavy (non-hydrogen) atoms. The Morgan fingerprint density at radius 2 is 1.89 bits per heavy atom. The molecule has 0 aromatic heterocycles. The summed E-state index contributed by atoms with van der Waals surface area (Å²) in [6.45, 7) is 4.17. The Balaban J connectivity index is 2.17. The van der Waals surface area contributed by atoms with Gasteiger partial charge in [0.15, 0.2) is 17.5 Å². The van der Waals surface area contributed by atoms with Crippen molar-refractivity contribution in [3.63, 3.8) is 0 Å². The van der Waals surface area contributed by atoms with Crippen molar-refractivity contribution in [2.75, 3.05) is 26.6 Å². The van der Waals surface area contributed by atoms with E-state index in [0.29, 0.717) is 35.2 Å². The minimum absolute atomic E-state index is 0.274. The summed E-state index contributed by atoms with van der Waals surface area (Å²) in [5.41, 5.74) is 8.64. The highest BCUT2D eigenvalue weighted by Crippen LogP contribution is 2.33. The molecule has 0 aliphatic heterocycles. The monoisotopic (exact) mass is 389 g/mol. The summed E-state index contributed by atoms with van der Waals surface area (Å²) in [6, 6.07) is 9.18. The van der Waals surface area contributed by atoms with E-state index in [1.54, 1.807) is 33.5 Å². The summed E-state index contributed by atoms with van der Waals surface area (Å²) in [5.74, 6) is 2.22. The predicted octanol–water partition coefficient (Wildman–Crippen LogP) is 4.02. The van der Waals surface area contributed by atoms with Gasteiger partial charge in [0.1, 0.15) is 5.75 Å². The standard InChI is InChI=1S/C20H24ClN3O3/c1-5-6-14-9-13(10-18(26-3)19(14)27-4)12-23-20(22)24-15-7-8-17(25-2)16(21)11-15/h5,7-11H,1,6,12H2,2-4H3,(H3,22,23,24). The Kier molecular flexibility index (Phi) is 7.37. The first kappa shape index (κ1) is 20.5. The average molecular weight is 390 g/mol. The van der Waals surface area contributed by atoms with Crippen LogP contribution in [0, 0.1) is 0 Å². The molecule has 0 bridgehead atoms. The van der Waals surface area contributed by atoms with Gasteiger partial charge >= 0.3 is 0 Å². The van der Waals surface area contributed by atoms with Crippen molar-refractivity contribution in [1.82, 2.24) is 0 Å². The quantitative estimate of drug-likeness (QED) is 0.405. The van der Waals surface area contributed by atoms with E-state index in [1.165, 1.54) is 0 Å². The van der Waals surface area contributed by atoms with E-state index in [4.69, 9.17) is 31.5 Å². The minimum atomic E-state index is 0.274. The normalized spacial score (nSPS) is 11.0. The maximum absolute atomic E-state index is 6.12. The number of methoxy groups -OCH3 is 3. The molecule has 144 valence electrons. The van der Waals surface area contributed by atoms with E-state index in [9.17, 15) is 0 Å². The number of nitrogens with two attached hydrogens (primary N) is 1. The van der Waals surface area contributed by atoms with Crippen molar-refractivity contribution >= 4 is 23.2 Å². The second-order valence-corrected chi connectivity index (χ2v) is 6.07. The van der Waals surface area contributed by atoms with Crippen LogP contribution < -0.4 is 25.3 Å². The number of halogens is 1. The second-order valence-electron chi connectivity index (χ2n) is 5.66. The summed E-state index contributed by atoms with van der Waals surface area (Å²) in [4.78, 5) is 4.38. The first-order valence-electron chi connectivity index (χ1n) is 8.27. The zero-order chi connectivity index (χ0) is 19.8. The van der Waals surface area contributed by atoms with Crippen molar-refractivity contribution in [2.24, 2.45) is 10.7 Å². The highest BCUT2D eigenvalue weighted by atomic mass is 35.5. The lowest BCUT2D eigenvalue weighted by molar-refractivity contribution is 0.352. The third-order valence-electron chi connectivity index (χ3n) is 3.84. The second kappa shape index (κ2) is 9.73. The van der Waals surface area contributed by atoms with Gasteiger partial charge in [0.05, 0.1) is 32.9 Å². The van der Waals surface area contributed by atoms with Crippen molar-refractivity contribution in [1.29, 1.82) is 0 Å². The number of hydrogen-bond donors (Lipinski definition) is 2. The fraction of sp³-hybridized carbons (Fsp3) is 0.250. The molecule has 0 fully saturated rings. The number of allylic oxidation sites excluding steroid dienone is 1. The van der Waals surface area contributed by atoms with E-state index in [-0.39, 0.29) is 5.96 Å². The van der Waals surface area contributed by atoms with Crippen LogP contribution in [0.1, 0.15) is 11.1 Å². The average Bonchev–Trinajstić information content (AvgIpc) is 2.66. The molecule has 2 rings (SSSR count). The van der Waals surface area contributed by atoms with Crippen LogP contribution in [0.5, 0.6) is 17.2 Å². The predicted molar refractivity (Wildman–Crippen MR) is 110 cm³/mol. The molecular formula is C20H24ClN3O3. The molecule has 0 amide bonds. The number of nitrogens with one attached hydrogen (secondary N) is 1. The molecule has 2 aromatic carbocycles. The maximum Gasteiger partial charge on any atom is 0.193 e. The number of hydrogen-bond acceptors (Lipinski definition) is 4. The molecule has 0 unspecified atom stereocenters. The summed E-state index contributed by atoms with van der Waals surface area (Å²) >= 11 is 6.12. The molecule has 7 heteroatoms. The molecule has 0 aliphatic carbocycles. The van der Waals surface area contributed by atoms with Crippen LogP contribution in [0.2, 0.25) is 5.02 Å². The first-order valence-corrected chi connectivity index (χ1v) is 8.65. The number of guanidine groups is 1. The molecule has 0 saturated heterocycles. The number of nitrogens with zero attached hydrogens (tertiary/aromatic N) is 1. The molecule has 0 atom stereocenters. The molecule has 2 aromatic rings. The van der Waals surface area contributed by atoms with E-state index in [2.05, 4.69) is 16.9 Å². The number of rotatable bonds is 8. The summed E-state index contributed by atoms with van der Waals surface area (Å²) in [6.07, 6.45) is 2.48. The van der Waals surface area contributed by atoms with Gasteiger partial charge < -0.3 is 25.3 Å². The Morgan fingerprint density at radius 1 is 1.15 bits per heavy atom. The van der Waals surface area contributed by atoms with Gasteiger partial charge in [0.25, 0.3) is 0 Å². The Bertz CT molecular complexity index is 837. The lowest BCUT2D eigenvalue weighted by Gasteiger charge is -2.14. The Hall–Kier alpha value is -2.86. The fourth-order valence-electron chi connectivity index (χ4n) is 2.61. The van der Waals surface area contributed by atoms with Crippen LogP contribution >= 0.6 is 11.6 Å². The van der Waals surface area contributed by atoms with Gasteiger partial charge in [0, 0.05) is 11.3 Å². The van der Waals surface area contributed by atoms with E-state index in [0.717, 1.165) is 16.8 Å². The molecule has 3 N–H and O–H groups in total. The number of ether oxygens (including phenoxy) is 3. The van der Waals surface area contributed by atoms with Crippen LogP contribution in [-0.2, 0) is 13.0 Å². The van der Waals surface area contributed by atoms with Crippen molar-refractivity contribution in [3.05, 3.63) is 59.1 Å². The maximum atomic E-state index is 6.12.